The average molecular weight is 277 g/mol. The van der Waals surface area contributed by atoms with Crippen LogP contribution < -0.4 is 11.1 Å². The molecule has 1 aromatic carbocycles. The molecule has 0 aliphatic heterocycles. The maximum atomic E-state index is 11.7. The molecule has 19 heavy (non-hydrogen) atoms. The Morgan fingerprint density at radius 2 is 2.05 bits per heavy atom. The summed E-state index contributed by atoms with van der Waals surface area (Å²) in [6.07, 6.45) is 1.43. The lowest BCUT2D eigenvalue weighted by Gasteiger charge is -2.06. The van der Waals surface area contributed by atoms with Gasteiger partial charge in [0.15, 0.2) is 5.82 Å². The zero-order valence-electron chi connectivity index (χ0n) is 10.4. The van der Waals surface area contributed by atoms with Gasteiger partial charge in [-0.3, -0.25) is 4.79 Å². The molecule has 5 nitrogen and oxygen atoms in total. The summed E-state index contributed by atoms with van der Waals surface area (Å²) in [5.41, 5.74) is 6.85. The van der Waals surface area contributed by atoms with E-state index < -0.39 is 0 Å². The van der Waals surface area contributed by atoms with Crippen LogP contribution in [0.25, 0.3) is 11.4 Å². The van der Waals surface area contributed by atoms with Gasteiger partial charge in [0.2, 0.25) is 0 Å². The number of aromatic nitrogens is 2. The number of nitrogens with zero attached hydrogens (tertiary/aromatic N) is 2. The van der Waals surface area contributed by atoms with E-state index in [0.717, 1.165) is 5.56 Å². The minimum absolute atomic E-state index is 0.158. The number of hydrogen-bond acceptors (Lipinski definition) is 4. The molecule has 0 aliphatic carbocycles. The number of carbonyl (C=O) groups is 1. The second-order valence-electron chi connectivity index (χ2n) is 3.86. The standard InChI is InChI=1S/C13H13ClN4O/c1-2-16-13(19)10-7-17-12(18-11(10)15)8-3-5-9(14)6-4-8/h3-7H,2H2,1H3,(H,16,19)(H2,15,17,18). The van der Waals surface area contributed by atoms with Crippen LogP contribution in [-0.4, -0.2) is 22.4 Å². The molecular formula is C13H13ClN4O. The third-order valence-corrected chi connectivity index (χ3v) is 2.75. The van der Waals surface area contributed by atoms with Crippen molar-refractivity contribution in [1.29, 1.82) is 0 Å². The van der Waals surface area contributed by atoms with E-state index in [1.54, 1.807) is 24.3 Å². The van der Waals surface area contributed by atoms with E-state index >= 15 is 0 Å². The van der Waals surface area contributed by atoms with Crippen LogP contribution in [0.1, 0.15) is 17.3 Å². The predicted octanol–water partition coefficient (Wildman–Crippen LogP) is 2.13. The summed E-state index contributed by atoms with van der Waals surface area (Å²) in [6.45, 7) is 2.36. The summed E-state index contributed by atoms with van der Waals surface area (Å²) in [6, 6.07) is 7.08. The number of nitrogens with two attached hydrogens (primary N) is 1. The number of hydrogen-bond donors (Lipinski definition) is 2. The van der Waals surface area contributed by atoms with Gasteiger partial charge in [-0.15, -0.1) is 0 Å². The molecule has 1 amide bonds. The third-order valence-electron chi connectivity index (χ3n) is 2.50. The summed E-state index contributed by atoms with van der Waals surface area (Å²) < 4.78 is 0. The monoisotopic (exact) mass is 276 g/mol. The molecule has 2 rings (SSSR count). The van der Waals surface area contributed by atoms with E-state index in [9.17, 15) is 4.79 Å². The average Bonchev–Trinajstić information content (AvgIpc) is 2.39. The SMILES string of the molecule is CCNC(=O)c1cnc(-c2ccc(Cl)cc2)nc1N. The molecule has 6 heteroatoms. The highest BCUT2D eigenvalue weighted by Crippen LogP contribution is 2.19. The maximum absolute atomic E-state index is 11.7. The maximum Gasteiger partial charge on any atom is 0.256 e. The molecule has 0 saturated carbocycles. The number of nitrogens with one attached hydrogen (secondary N) is 1. The van der Waals surface area contributed by atoms with Crippen molar-refractivity contribution in [2.24, 2.45) is 0 Å². The Hall–Kier alpha value is -2.14. The first kappa shape index (κ1) is 13.3. The number of halogens is 1. The predicted molar refractivity (Wildman–Crippen MR) is 74.9 cm³/mol. The topological polar surface area (TPSA) is 80.9 Å². The molecule has 0 fully saturated rings. The number of nitrogen functional groups attached to an aromatic ring is 1. The van der Waals surface area contributed by atoms with Gasteiger partial charge in [-0.2, -0.15) is 0 Å². The van der Waals surface area contributed by atoms with E-state index in [2.05, 4.69) is 15.3 Å². The number of amides is 1. The number of rotatable bonds is 3. The van der Waals surface area contributed by atoms with Crippen molar-refractivity contribution < 1.29 is 4.79 Å². The van der Waals surface area contributed by atoms with Crippen molar-refractivity contribution in [3.63, 3.8) is 0 Å². The second kappa shape index (κ2) is 5.67. The van der Waals surface area contributed by atoms with Gasteiger partial charge in [-0.05, 0) is 31.2 Å². The molecule has 0 aliphatic rings. The summed E-state index contributed by atoms with van der Waals surface area (Å²) in [4.78, 5) is 20.0. The highest BCUT2D eigenvalue weighted by Gasteiger charge is 2.12. The fraction of sp³-hybridized carbons (Fsp3) is 0.154. The minimum atomic E-state index is -0.275. The van der Waals surface area contributed by atoms with Crippen molar-refractivity contribution in [2.75, 3.05) is 12.3 Å². The van der Waals surface area contributed by atoms with Gasteiger partial charge in [0.05, 0.1) is 5.56 Å². The van der Waals surface area contributed by atoms with Crippen molar-refractivity contribution >= 4 is 23.3 Å². The van der Waals surface area contributed by atoms with Gasteiger partial charge in [0.25, 0.3) is 5.91 Å². The van der Waals surface area contributed by atoms with Crippen molar-refractivity contribution in [3.8, 4) is 11.4 Å². The molecule has 0 bridgehead atoms. The Labute approximate surface area is 115 Å². The Morgan fingerprint density at radius 3 is 2.63 bits per heavy atom. The van der Waals surface area contributed by atoms with E-state index in [1.165, 1.54) is 6.20 Å². The first-order valence-corrected chi connectivity index (χ1v) is 6.16. The van der Waals surface area contributed by atoms with Crippen LogP contribution >= 0.6 is 11.6 Å². The molecule has 3 N–H and O–H groups in total. The molecule has 98 valence electrons. The molecule has 2 aromatic rings. The van der Waals surface area contributed by atoms with Crippen LogP contribution in [0.4, 0.5) is 5.82 Å². The first-order valence-electron chi connectivity index (χ1n) is 5.78. The Morgan fingerprint density at radius 1 is 1.37 bits per heavy atom. The Kier molecular flexibility index (Phi) is 3.97. The van der Waals surface area contributed by atoms with Crippen LogP contribution in [0, 0.1) is 0 Å². The lowest BCUT2D eigenvalue weighted by atomic mass is 10.2. The van der Waals surface area contributed by atoms with E-state index in [-0.39, 0.29) is 17.3 Å². The smallest absolute Gasteiger partial charge is 0.256 e. The zero-order chi connectivity index (χ0) is 13.8. The highest BCUT2D eigenvalue weighted by atomic mass is 35.5. The van der Waals surface area contributed by atoms with Gasteiger partial charge in [0.1, 0.15) is 5.82 Å². The van der Waals surface area contributed by atoms with E-state index in [4.69, 9.17) is 17.3 Å². The van der Waals surface area contributed by atoms with Gasteiger partial charge < -0.3 is 11.1 Å². The summed E-state index contributed by atoms with van der Waals surface area (Å²) in [5.74, 6) is 0.343. The van der Waals surface area contributed by atoms with Gasteiger partial charge in [0, 0.05) is 23.3 Å². The number of carbonyl (C=O) groups excluding carboxylic acids is 1. The molecule has 0 spiro atoms. The lowest BCUT2D eigenvalue weighted by molar-refractivity contribution is 0.0956. The largest absolute Gasteiger partial charge is 0.383 e. The van der Waals surface area contributed by atoms with Crippen molar-refractivity contribution in [3.05, 3.63) is 41.0 Å². The fourth-order valence-electron chi connectivity index (χ4n) is 1.56. The number of benzene rings is 1. The molecule has 0 unspecified atom stereocenters. The van der Waals surface area contributed by atoms with Crippen LogP contribution in [0.2, 0.25) is 5.02 Å². The molecule has 0 radical (unpaired) electrons. The quantitative estimate of drug-likeness (QED) is 0.900. The van der Waals surface area contributed by atoms with Gasteiger partial charge >= 0.3 is 0 Å². The Bertz CT molecular complexity index is 598. The van der Waals surface area contributed by atoms with Crippen LogP contribution in [0.3, 0.4) is 0 Å². The molecule has 1 aromatic heterocycles. The third kappa shape index (κ3) is 3.00. The van der Waals surface area contributed by atoms with Gasteiger partial charge in [-0.25, -0.2) is 9.97 Å². The Balaban J connectivity index is 2.33. The first-order chi connectivity index (χ1) is 9.11. The lowest BCUT2D eigenvalue weighted by Crippen LogP contribution is -2.24. The van der Waals surface area contributed by atoms with E-state index in [0.29, 0.717) is 17.4 Å². The second-order valence-corrected chi connectivity index (χ2v) is 4.30. The molecular weight excluding hydrogens is 264 g/mol. The molecule has 1 heterocycles. The fourth-order valence-corrected chi connectivity index (χ4v) is 1.69. The van der Waals surface area contributed by atoms with Crippen molar-refractivity contribution in [2.45, 2.75) is 6.92 Å². The summed E-state index contributed by atoms with van der Waals surface area (Å²) in [5, 5.41) is 3.29. The molecule has 0 saturated heterocycles. The molecule has 0 atom stereocenters. The minimum Gasteiger partial charge on any atom is -0.383 e. The van der Waals surface area contributed by atoms with Gasteiger partial charge in [-0.1, -0.05) is 11.6 Å². The summed E-state index contributed by atoms with van der Waals surface area (Å²) >= 11 is 5.81. The van der Waals surface area contributed by atoms with Crippen LogP contribution in [0.15, 0.2) is 30.5 Å². The highest BCUT2D eigenvalue weighted by molar-refractivity contribution is 6.30. The van der Waals surface area contributed by atoms with E-state index in [1.807, 2.05) is 6.92 Å². The zero-order valence-corrected chi connectivity index (χ0v) is 11.1. The van der Waals surface area contributed by atoms with Crippen molar-refractivity contribution in [1.82, 2.24) is 15.3 Å². The van der Waals surface area contributed by atoms with Crippen LogP contribution in [0.5, 0.6) is 0 Å². The number of anilines is 1. The van der Waals surface area contributed by atoms with Crippen LogP contribution in [-0.2, 0) is 0 Å². The normalized spacial score (nSPS) is 10.2. The summed E-state index contributed by atoms with van der Waals surface area (Å²) in [7, 11) is 0.